The average Bonchev–Trinajstić information content (AvgIpc) is 2.62. The van der Waals surface area contributed by atoms with E-state index in [0.717, 1.165) is 6.07 Å². The van der Waals surface area contributed by atoms with Gasteiger partial charge in [0.15, 0.2) is 5.67 Å². The monoisotopic (exact) mass is 280 g/mol. The Morgan fingerprint density at radius 3 is 2.45 bits per heavy atom. The molecular formula is C13H13FN2O4. The van der Waals surface area contributed by atoms with Gasteiger partial charge in [0.2, 0.25) is 0 Å². The predicted octanol–water partition coefficient (Wildman–Crippen LogP) is 1.57. The number of carboxylic acid groups (broad SMARTS) is 2. The standard InChI is InChI=1S/C13H13FN2O4/c1-7-13(14,6-16(2)15-7)9-5-3-4-8(11(17)18)10(9)12(19)20/h3-5H,6H2,1-2H3,(H,17,18)(H,19,20). The molecule has 0 aromatic heterocycles. The molecule has 2 N–H and O–H groups in total. The number of alkyl halides is 1. The minimum atomic E-state index is -2.10. The fourth-order valence-corrected chi connectivity index (χ4v) is 2.37. The molecule has 2 rings (SSSR count). The largest absolute Gasteiger partial charge is 0.478 e. The van der Waals surface area contributed by atoms with Crippen LogP contribution >= 0.6 is 0 Å². The van der Waals surface area contributed by atoms with Gasteiger partial charge in [0, 0.05) is 12.6 Å². The number of benzene rings is 1. The van der Waals surface area contributed by atoms with Crippen LogP contribution in [0.25, 0.3) is 0 Å². The van der Waals surface area contributed by atoms with E-state index in [2.05, 4.69) is 5.10 Å². The Balaban J connectivity index is 2.70. The molecule has 1 atom stereocenters. The first-order valence-electron chi connectivity index (χ1n) is 5.83. The van der Waals surface area contributed by atoms with E-state index in [1.54, 1.807) is 7.05 Å². The maximum atomic E-state index is 15.1. The van der Waals surface area contributed by atoms with Crippen molar-refractivity contribution in [1.82, 2.24) is 5.01 Å². The van der Waals surface area contributed by atoms with Crippen LogP contribution in [-0.2, 0) is 5.67 Å². The smallest absolute Gasteiger partial charge is 0.336 e. The van der Waals surface area contributed by atoms with Crippen molar-refractivity contribution >= 4 is 17.7 Å². The van der Waals surface area contributed by atoms with Crippen LogP contribution in [0, 0.1) is 0 Å². The van der Waals surface area contributed by atoms with Crippen molar-refractivity contribution < 1.29 is 24.2 Å². The van der Waals surface area contributed by atoms with Gasteiger partial charge in [-0.3, -0.25) is 5.01 Å². The van der Waals surface area contributed by atoms with Crippen molar-refractivity contribution in [3.63, 3.8) is 0 Å². The van der Waals surface area contributed by atoms with E-state index in [1.165, 1.54) is 24.1 Å². The summed E-state index contributed by atoms with van der Waals surface area (Å²) >= 11 is 0. The van der Waals surface area contributed by atoms with Crippen LogP contribution < -0.4 is 0 Å². The van der Waals surface area contributed by atoms with E-state index in [1.807, 2.05) is 0 Å². The summed E-state index contributed by atoms with van der Waals surface area (Å²) in [5.74, 6) is -2.88. The summed E-state index contributed by atoms with van der Waals surface area (Å²) in [5.41, 5.74) is -3.16. The van der Waals surface area contributed by atoms with Gasteiger partial charge in [0.25, 0.3) is 0 Å². The third-order valence-electron chi connectivity index (χ3n) is 3.28. The molecule has 20 heavy (non-hydrogen) atoms. The fraction of sp³-hybridized carbons (Fsp3) is 0.308. The highest BCUT2D eigenvalue weighted by Crippen LogP contribution is 2.36. The van der Waals surface area contributed by atoms with Crippen molar-refractivity contribution in [1.29, 1.82) is 0 Å². The second-order valence-corrected chi connectivity index (χ2v) is 4.64. The van der Waals surface area contributed by atoms with Crippen molar-refractivity contribution in [2.24, 2.45) is 5.10 Å². The zero-order chi connectivity index (χ0) is 15.1. The highest BCUT2D eigenvalue weighted by atomic mass is 19.1. The Bertz CT molecular complexity index is 629. The molecule has 0 amide bonds. The lowest BCUT2D eigenvalue weighted by Crippen LogP contribution is -2.34. The number of likely N-dealkylation sites (N-methyl/N-ethyl adjacent to an activating group) is 1. The highest BCUT2D eigenvalue weighted by Gasteiger charge is 2.44. The number of halogens is 1. The highest BCUT2D eigenvalue weighted by molar-refractivity contribution is 6.05. The Morgan fingerprint density at radius 1 is 1.35 bits per heavy atom. The van der Waals surface area contributed by atoms with Gasteiger partial charge >= 0.3 is 11.9 Å². The summed E-state index contributed by atoms with van der Waals surface area (Å²) in [5, 5.41) is 23.6. The van der Waals surface area contributed by atoms with Gasteiger partial charge in [0.05, 0.1) is 23.4 Å². The Kier molecular flexibility index (Phi) is 3.21. The van der Waals surface area contributed by atoms with Crippen LogP contribution in [-0.4, -0.2) is 46.5 Å². The molecule has 7 heteroatoms. The van der Waals surface area contributed by atoms with Gasteiger partial charge in [-0.05, 0) is 13.0 Å². The third kappa shape index (κ3) is 2.01. The second kappa shape index (κ2) is 4.59. The molecule has 1 unspecified atom stereocenters. The Labute approximate surface area is 114 Å². The topological polar surface area (TPSA) is 90.2 Å². The summed E-state index contributed by atoms with van der Waals surface area (Å²) in [6.07, 6.45) is 0. The molecule has 1 heterocycles. The van der Waals surface area contributed by atoms with Crippen LogP contribution in [0.15, 0.2) is 23.3 Å². The van der Waals surface area contributed by atoms with E-state index in [9.17, 15) is 14.7 Å². The second-order valence-electron chi connectivity index (χ2n) is 4.64. The molecule has 0 saturated carbocycles. The molecule has 1 aromatic rings. The van der Waals surface area contributed by atoms with Crippen LogP contribution in [0.1, 0.15) is 33.2 Å². The number of nitrogens with zero attached hydrogens (tertiary/aromatic N) is 2. The van der Waals surface area contributed by atoms with Crippen LogP contribution in [0.5, 0.6) is 0 Å². The molecule has 106 valence electrons. The molecule has 1 aromatic carbocycles. The molecule has 6 nitrogen and oxygen atoms in total. The fourth-order valence-electron chi connectivity index (χ4n) is 2.37. The lowest BCUT2D eigenvalue weighted by Gasteiger charge is -2.23. The number of rotatable bonds is 3. The molecular weight excluding hydrogens is 267 g/mol. The van der Waals surface area contributed by atoms with Gasteiger partial charge in [-0.2, -0.15) is 5.10 Å². The molecule has 0 spiro atoms. The van der Waals surface area contributed by atoms with Crippen molar-refractivity contribution in [3.8, 4) is 0 Å². The maximum absolute atomic E-state index is 15.1. The summed E-state index contributed by atoms with van der Waals surface area (Å²) in [6, 6.07) is 3.76. The molecule has 1 aliphatic heterocycles. The van der Waals surface area contributed by atoms with Crippen molar-refractivity contribution in [3.05, 3.63) is 34.9 Å². The summed E-state index contributed by atoms with van der Waals surface area (Å²) in [6.45, 7) is 1.30. The third-order valence-corrected chi connectivity index (χ3v) is 3.28. The summed E-state index contributed by atoms with van der Waals surface area (Å²) in [4.78, 5) is 22.5. The minimum Gasteiger partial charge on any atom is -0.478 e. The van der Waals surface area contributed by atoms with E-state index in [0.29, 0.717) is 0 Å². The van der Waals surface area contributed by atoms with Gasteiger partial charge in [-0.15, -0.1) is 0 Å². The van der Waals surface area contributed by atoms with E-state index < -0.39 is 28.7 Å². The van der Waals surface area contributed by atoms with Crippen LogP contribution in [0.2, 0.25) is 0 Å². The number of hydrogen-bond acceptors (Lipinski definition) is 4. The molecule has 0 radical (unpaired) electrons. The lowest BCUT2D eigenvalue weighted by molar-refractivity contribution is 0.0646. The van der Waals surface area contributed by atoms with Crippen LogP contribution in [0.3, 0.4) is 0 Å². The van der Waals surface area contributed by atoms with E-state index >= 15 is 4.39 Å². The number of carbonyl (C=O) groups is 2. The normalized spacial score (nSPS) is 21.8. The quantitative estimate of drug-likeness (QED) is 0.877. The lowest BCUT2D eigenvalue weighted by atomic mass is 9.86. The number of hydrogen-bond donors (Lipinski definition) is 2. The van der Waals surface area contributed by atoms with Gasteiger partial charge < -0.3 is 10.2 Å². The SMILES string of the molecule is CC1=NN(C)CC1(F)c1cccc(C(=O)O)c1C(=O)O. The van der Waals surface area contributed by atoms with E-state index in [-0.39, 0.29) is 17.8 Å². The molecule has 1 aliphatic rings. The van der Waals surface area contributed by atoms with Crippen molar-refractivity contribution in [2.45, 2.75) is 12.6 Å². The Morgan fingerprint density at radius 2 is 2.00 bits per heavy atom. The predicted molar refractivity (Wildman–Crippen MR) is 68.9 cm³/mol. The molecule has 0 saturated heterocycles. The first-order chi connectivity index (χ1) is 9.27. The first-order valence-corrected chi connectivity index (χ1v) is 5.83. The molecule has 0 aliphatic carbocycles. The molecule has 0 bridgehead atoms. The van der Waals surface area contributed by atoms with Gasteiger partial charge in [0.1, 0.15) is 0 Å². The minimum absolute atomic E-state index is 0.102. The van der Waals surface area contributed by atoms with Crippen molar-refractivity contribution in [2.75, 3.05) is 13.6 Å². The van der Waals surface area contributed by atoms with E-state index in [4.69, 9.17) is 5.11 Å². The zero-order valence-corrected chi connectivity index (χ0v) is 10.9. The zero-order valence-electron chi connectivity index (χ0n) is 10.9. The Hall–Kier alpha value is -2.44. The first kappa shape index (κ1) is 14.0. The molecule has 0 fully saturated rings. The summed E-state index contributed by atoms with van der Waals surface area (Å²) in [7, 11) is 1.56. The van der Waals surface area contributed by atoms with Gasteiger partial charge in [-0.25, -0.2) is 14.0 Å². The number of hydrazone groups is 1. The average molecular weight is 280 g/mol. The number of aromatic carboxylic acids is 2. The summed E-state index contributed by atoms with van der Waals surface area (Å²) < 4.78 is 15.1. The van der Waals surface area contributed by atoms with Gasteiger partial charge in [-0.1, -0.05) is 12.1 Å². The van der Waals surface area contributed by atoms with Crippen LogP contribution in [0.4, 0.5) is 4.39 Å². The number of carboxylic acids is 2. The maximum Gasteiger partial charge on any atom is 0.336 e.